The highest BCUT2D eigenvalue weighted by atomic mass is 16.4. The molecule has 0 aromatic heterocycles. The number of unbranched alkanes of at least 4 members (excludes halogenated alkanes) is 1. The lowest BCUT2D eigenvalue weighted by Crippen LogP contribution is -2.64. The maximum atomic E-state index is 15.6. The lowest BCUT2D eigenvalue weighted by molar-refractivity contribution is -0.154. The van der Waals surface area contributed by atoms with E-state index in [0.29, 0.717) is 18.4 Å². The van der Waals surface area contributed by atoms with E-state index in [1.54, 1.807) is 18.2 Å². The van der Waals surface area contributed by atoms with Gasteiger partial charge in [-0.15, -0.1) is 0 Å². The number of amides is 9. The SMILES string of the molecule is CCCC[C@H](NC(N)=O)C(=O)N[C@H]1CC(=O)NCCCC[C@@H](C(=O)O)NC(=O)[C@@H]2Cc3ccccc3CN2C(=O)[C@H](CCCN=C(N)N)NC(=O)[C@H]2Cc3ccccc3CN2C(=O)[C@@H]2Cc3ccccc3CN2C1=O. The fourth-order valence-electron chi connectivity index (χ4n) is 10.4. The van der Waals surface area contributed by atoms with E-state index in [1.807, 2.05) is 61.5 Å². The molecule has 4 aliphatic heterocycles. The van der Waals surface area contributed by atoms with Gasteiger partial charge in [-0.2, -0.15) is 0 Å². The highest BCUT2D eigenvalue weighted by molar-refractivity contribution is 5.99. The van der Waals surface area contributed by atoms with Crippen LogP contribution in [0.2, 0.25) is 0 Å². The fraction of sp³-hybridized carbons (Fsp3) is 0.472. The Balaban J connectivity index is 1.31. The number of hydrogen-bond acceptors (Lipinski definition) is 10. The minimum atomic E-state index is -1.57. The zero-order valence-corrected chi connectivity index (χ0v) is 42.1. The summed E-state index contributed by atoms with van der Waals surface area (Å²) in [4.78, 5) is 136. The van der Waals surface area contributed by atoms with Gasteiger partial charge in [0.15, 0.2) is 5.96 Å². The number of fused-ring (bicyclic) bond motifs is 6. The number of aliphatic imine (C=N–C) groups is 1. The first-order valence-electron chi connectivity index (χ1n) is 25.7. The number of carboxylic acid groups (broad SMARTS) is 1. The minimum Gasteiger partial charge on any atom is -0.480 e. The zero-order valence-electron chi connectivity index (χ0n) is 42.1. The number of nitrogens with one attached hydrogen (secondary N) is 5. The van der Waals surface area contributed by atoms with Crippen LogP contribution in [-0.2, 0) is 77.3 Å². The van der Waals surface area contributed by atoms with Crippen molar-refractivity contribution in [3.8, 4) is 0 Å². The van der Waals surface area contributed by atoms with Crippen LogP contribution in [0.4, 0.5) is 4.79 Å². The molecule has 4 aliphatic rings. The first kappa shape index (κ1) is 54.7. The van der Waals surface area contributed by atoms with Crippen molar-refractivity contribution in [1.29, 1.82) is 0 Å². The van der Waals surface area contributed by atoms with Crippen LogP contribution < -0.4 is 43.8 Å². The number of nitrogens with two attached hydrogens (primary N) is 3. The van der Waals surface area contributed by atoms with Gasteiger partial charge in [-0.3, -0.25) is 38.6 Å². The Labute approximate surface area is 434 Å². The summed E-state index contributed by atoms with van der Waals surface area (Å²) in [6.45, 7) is 1.80. The average molecular weight is 1030 g/mol. The van der Waals surface area contributed by atoms with Gasteiger partial charge in [0, 0.05) is 52.0 Å². The molecule has 75 heavy (non-hydrogen) atoms. The number of carboxylic acids is 1. The lowest BCUT2D eigenvalue weighted by atomic mass is 9.89. The van der Waals surface area contributed by atoms with Gasteiger partial charge in [-0.05, 0) is 71.9 Å². The molecule has 22 nitrogen and oxygen atoms in total. The number of hydrogen-bond donors (Lipinski definition) is 9. The second kappa shape index (κ2) is 25.3. The molecule has 1 fully saturated rings. The first-order chi connectivity index (χ1) is 36.0. The summed E-state index contributed by atoms with van der Waals surface area (Å²) in [6.07, 6.45) is 1.45. The van der Waals surface area contributed by atoms with E-state index in [4.69, 9.17) is 17.2 Å². The van der Waals surface area contributed by atoms with Gasteiger partial charge in [0.1, 0.15) is 42.3 Å². The molecule has 12 N–H and O–H groups in total. The van der Waals surface area contributed by atoms with Gasteiger partial charge >= 0.3 is 12.0 Å². The molecule has 400 valence electrons. The largest absolute Gasteiger partial charge is 0.480 e. The topological polar surface area (TPSA) is 334 Å². The molecule has 3 aromatic carbocycles. The monoisotopic (exact) mass is 1030 g/mol. The lowest BCUT2D eigenvalue weighted by Gasteiger charge is -2.43. The standard InChI is InChI=1S/C53H68N12O10/c1-2-3-19-37(62-53(56)75)45(67)61-40-27-44(66)57-22-11-10-20-39(51(73)74)60-47(69)41-24-31-13-4-7-16-34(31)28-63(41)48(70)38(21-12-23-58-52(54)55)59-46(68)42-25-32-14-5-8-17-35(32)29-64(42)50(72)43-26-33-15-6-9-18-36(33)30-65(43)49(40)71/h4-9,13-18,37-43H,2-3,10-12,19-30H2,1H3,(H,57,66)(H,59,68)(H,60,69)(H,61,67)(H,73,74)(H4,54,55,58)(H3,56,62,75)/t37-,38-,39-,40-,41-,42+,43-/m0/s1. The molecule has 4 heterocycles. The van der Waals surface area contributed by atoms with Crippen LogP contribution in [0.25, 0.3) is 0 Å². The predicted molar refractivity (Wildman–Crippen MR) is 274 cm³/mol. The normalized spacial score (nSPS) is 23.2. The number of rotatable bonds is 11. The molecule has 1 saturated heterocycles. The Kier molecular flexibility index (Phi) is 18.4. The van der Waals surface area contributed by atoms with E-state index in [1.165, 1.54) is 14.7 Å². The third-order valence-electron chi connectivity index (χ3n) is 14.4. The molecular weight excluding hydrogens is 965 g/mol. The van der Waals surface area contributed by atoms with Crippen LogP contribution >= 0.6 is 0 Å². The molecule has 0 bridgehead atoms. The van der Waals surface area contributed by atoms with E-state index < -0.39 is 102 Å². The predicted octanol–water partition coefficient (Wildman–Crippen LogP) is 0.357. The van der Waals surface area contributed by atoms with Crippen LogP contribution in [0.1, 0.15) is 98.1 Å². The molecule has 3 aromatic rings. The minimum absolute atomic E-state index is 0.00133. The maximum Gasteiger partial charge on any atom is 0.326 e. The third kappa shape index (κ3) is 13.8. The smallest absolute Gasteiger partial charge is 0.326 e. The average Bonchev–Trinajstić information content (AvgIpc) is 3.39. The van der Waals surface area contributed by atoms with Crippen molar-refractivity contribution in [2.75, 3.05) is 13.1 Å². The van der Waals surface area contributed by atoms with Crippen molar-refractivity contribution >= 4 is 59.3 Å². The van der Waals surface area contributed by atoms with E-state index in [-0.39, 0.29) is 96.5 Å². The third-order valence-corrected chi connectivity index (χ3v) is 14.4. The number of urea groups is 1. The van der Waals surface area contributed by atoms with Crippen molar-refractivity contribution in [3.05, 3.63) is 106 Å². The van der Waals surface area contributed by atoms with E-state index in [0.717, 1.165) is 27.8 Å². The Morgan fingerprint density at radius 2 is 1.20 bits per heavy atom. The van der Waals surface area contributed by atoms with Crippen molar-refractivity contribution in [2.45, 2.75) is 146 Å². The van der Waals surface area contributed by atoms with Crippen LogP contribution in [0.3, 0.4) is 0 Å². The molecule has 0 aliphatic carbocycles. The summed E-state index contributed by atoms with van der Waals surface area (Å²) in [5.74, 6) is -6.35. The highest BCUT2D eigenvalue weighted by Gasteiger charge is 2.46. The summed E-state index contributed by atoms with van der Waals surface area (Å²) >= 11 is 0. The Morgan fingerprint density at radius 3 is 1.73 bits per heavy atom. The molecule has 7 rings (SSSR count). The van der Waals surface area contributed by atoms with Gasteiger partial charge in [-0.1, -0.05) is 92.6 Å². The Bertz CT molecular complexity index is 2680. The van der Waals surface area contributed by atoms with Gasteiger partial charge in [0.2, 0.25) is 41.4 Å². The highest BCUT2D eigenvalue weighted by Crippen LogP contribution is 2.31. The van der Waals surface area contributed by atoms with E-state index in [9.17, 15) is 29.1 Å². The van der Waals surface area contributed by atoms with E-state index >= 15 is 19.2 Å². The van der Waals surface area contributed by atoms with Crippen molar-refractivity contribution in [2.24, 2.45) is 22.2 Å². The number of primary amides is 1. The number of carbonyl (C=O) groups is 9. The number of guanidine groups is 1. The second-order valence-corrected chi connectivity index (χ2v) is 19.6. The van der Waals surface area contributed by atoms with Gasteiger partial charge in [0.25, 0.3) is 0 Å². The van der Waals surface area contributed by atoms with Gasteiger partial charge < -0.3 is 63.6 Å². The van der Waals surface area contributed by atoms with Crippen LogP contribution in [0, 0.1) is 0 Å². The Hall–Kier alpha value is -8.04. The second-order valence-electron chi connectivity index (χ2n) is 19.6. The zero-order chi connectivity index (χ0) is 53.8. The molecule has 0 unspecified atom stereocenters. The molecule has 9 amide bonds. The number of nitrogens with zero attached hydrogens (tertiary/aromatic N) is 4. The number of carbonyl (C=O) groups excluding carboxylic acids is 8. The maximum absolute atomic E-state index is 15.6. The molecule has 0 radical (unpaired) electrons. The van der Waals surface area contributed by atoms with Crippen LogP contribution in [0.15, 0.2) is 77.8 Å². The quantitative estimate of drug-likeness (QED) is 0.0715. The molecular formula is C53H68N12O10. The number of aliphatic carboxylic acids is 1. The summed E-state index contributed by atoms with van der Waals surface area (Å²) in [6, 6.07) is 11.7. The molecule has 7 atom stereocenters. The summed E-state index contributed by atoms with van der Waals surface area (Å²) in [5.41, 5.74) is 21.3. The van der Waals surface area contributed by atoms with Crippen LogP contribution in [0.5, 0.6) is 0 Å². The first-order valence-corrected chi connectivity index (χ1v) is 25.7. The molecule has 22 heteroatoms. The fourth-order valence-corrected chi connectivity index (χ4v) is 10.4. The number of benzene rings is 3. The van der Waals surface area contributed by atoms with E-state index in [2.05, 4.69) is 31.6 Å². The van der Waals surface area contributed by atoms with Crippen LogP contribution in [-0.4, -0.2) is 134 Å². The molecule has 0 spiro atoms. The summed E-state index contributed by atoms with van der Waals surface area (Å²) < 4.78 is 0. The summed E-state index contributed by atoms with van der Waals surface area (Å²) in [7, 11) is 0. The van der Waals surface area contributed by atoms with Crippen molar-refractivity contribution < 1.29 is 48.3 Å². The summed E-state index contributed by atoms with van der Waals surface area (Å²) in [5, 5.41) is 23.8. The van der Waals surface area contributed by atoms with Crippen molar-refractivity contribution in [3.63, 3.8) is 0 Å². The molecule has 0 saturated carbocycles. The van der Waals surface area contributed by atoms with Gasteiger partial charge in [0.05, 0.1) is 6.42 Å². The van der Waals surface area contributed by atoms with Gasteiger partial charge in [-0.25, -0.2) is 9.59 Å². The Morgan fingerprint density at radius 1 is 0.680 bits per heavy atom. The van der Waals surface area contributed by atoms with Crippen molar-refractivity contribution in [1.82, 2.24) is 41.3 Å².